The van der Waals surface area contributed by atoms with E-state index in [0.717, 1.165) is 50.7 Å². The molecule has 2 fully saturated rings. The molecule has 1 N–H and O–H groups in total. The van der Waals surface area contributed by atoms with Gasteiger partial charge in [0.25, 0.3) is 5.91 Å². The molecule has 1 atom stereocenters. The van der Waals surface area contributed by atoms with Gasteiger partial charge in [-0.05, 0) is 76.9 Å². The number of aromatic nitrogens is 1. The van der Waals surface area contributed by atoms with Crippen molar-refractivity contribution in [1.82, 2.24) is 19.5 Å². The van der Waals surface area contributed by atoms with Crippen molar-refractivity contribution < 1.29 is 9.59 Å². The lowest BCUT2D eigenvalue weighted by Gasteiger charge is -2.39. The first-order chi connectivity index (χ1) is 14.0. The van der Waals surface area contributed by atoms with Gasteiger partial charge in [-0.25, -0.2) is 0 Å². The number of rotatable bonds is 4. The Balaban J connectivity index is 1.30. The molecule has 1 saturated heterocycles. The summed E-state index contributed by atoms with van der Waals surface area (Å²) in [5, 5.41) is 3.18. The van der Waals surface area contributed by atoms with Gasteiger partial charge in [0.05, 0.1) is 0 Å². The lowest BCUT2D eigenvalue weighted by molar-refractivity contribution is -0.138. The Hall–Kier alpha value is -2.34. The second-order valence-corrected chi connectivity index (χ2v) is 8.78. The van der Waals surface area contributed by atoms with E-state index in [9.17, 15) is 9.59 Å². The normalized spacial score (nSPS) is 25.3. The van der Waals surface area contributed by atoms with Gasteiger partial charge in [0.2, 0.25) is 5.91 Å². The number of fused-ring (bicyclic) bond motifs is 1. The van der Waals surface area contributed by atoms with Gasteiger partial charge >= 0.3 is 0 Å². The van der Waals surface area contributed by atoms with Gasteiger partial charge in [-0.1, -0.05) is 6.07 Å². The van der Waals surface area contributed by atoms with Crippen molar-refractivity contribution in [2.75, 3.05) is 27.2 Å². The minimum Gasteiger partial charge on any atom is -0.348 e. The van der Waals surface area contributed by atoms with E-state index in [0.29, 0.717) is 17.6 Å². The highest BCUT2D eigenvalue weighted by Gasteiger charge is 2.33. The Morgan fingerprint density at radius 3 is 2.59 bits per heavy atom. The quantitative estimate of drug-likeness (QED) is 0.865. The molecule has 4 rings (SSSR count). The summed E-state index contributed by atoms with van der Waals surface area (Å²) < 4.78 is 1.92. The van der Waals surface area contributed by atoms with Crippen LogP contribution < -0.4 is 5.32 Å². The molecule has 2 aliphatic rings. The van der Waals surface area contributed by atoms with Crippen molar-refractivity contribution >= 4 is 17.3 Å². The van der Waals surface area contributed by atoms with Crippen LogP contribution in [0, 0.1) is 5.92 Å². The number of carbonyl (C=O) groups is 2. The van der Waals surface area contributed by atoms with Crippen LogP contribution in [0.4, 0.5) is 0 Å². The van der Waals surface area contributed by atoms with E-state index in [1.165, 1.54) is 6.42 Å². The summed E-state index contributed by atoms with van der Waals surface area (Å²) in [6, 6.07) is 10.4. The van der Waals surface area contributed by atoms with Crippen LogP contribution >= 0.6 is 0 Å². The highest BCUT2D eigenvalue weighted by molar-refractivity contribution is 5.94. The van der Waals surface area contributed by atoms with E-state index in [-0.39, 0.29) is 17.9 Å². The lowest BCUT2D eigenvalue weighted by atomic mass is 9.84. The second-order valence-electron chi connectivity index (χ2n) is 8.78. The minimum absolute atomic E-state index is 0.0316. The summed E-state index contributed by atoms with van der Waals surface area (Å²) in [5.74, 6) is 0.396. The number of hydrogen-bond acceptors (Lipinski definition) is 3. The molecule has 3 heterocycles. The molecule has 1 saturated carbocycles. The van der Waals surface area contributed by atoms with E-state index >= 15 is 0 Å². The molecular weight excluding hydrogens is 364 g/mol. The fourth-order valence-corrected chi connectivity index (χ4v) is 4.82. The van der Waals surface area contributed by atoms with Crippen LogP contribution in [0.15, 0.2) is 36.5 Å². The Bertz CT molecular complexity index is 867. The fraction of sp³-hybridized carbons (Fsp3) is 0.565. The number of likely N-dealkylation sites (tertiary alicyclic amines) is 1. The maximum atomic E-state index is 13.0. The Kier molecular flexibility index (Phi) is 5.90. The smallest absolute Gasteiger partial charge is 0.268 e. The lowest BCUT2D eigenvalue weighted by Crippen LogP contribution is -2.50. The third-order valence-corrected chi connectivity index (χ3v) is 6.65. The van der Waals surface area contributed by atoms with Crippen molar-refractivity contribution in [3.63, 3.8) is 0 Å². The molecule has 1 unspecified atom stereocenters. The van der Waals surface area contributed by atoms with Crippen LogP contribution in [-0.4, -0.2) is 65.3 Å². The number of hydrogen-bond donors (Lipinski definition) is 1. The molecule has 2 aromatic heterocycles. The van der Waals surface area contributed by atoms with Gasteiger partial charge in [0.15, 0.2) is 0 Å². The molecule has 1 aliphatic heterocycles. The summed E-state index contributed by atoms with van der Waals surface area (Å²) in [4.78, 5) is 30.0. The maximum absolute atomic E-state index is 13.0. The van der Waals surface area contributed by atoms with E-state index in [2.05, 4.69) is 29.2 Å². The first kappa shape index (κ1) is 20.0. The Morgan fingerprint density at radius 2 is 1.83 bits per heavy atom. The largest absolute Gasteiger partial charge is 0.348 e. The topological polar surface area (TPSA) is 57.1 Å². The minimum atomic E-state index is -0.0316. The highest BCUT2D eigenvalue weighted by atomic mass is 16.2. The third-order valence-electron chi connectivity index (χ3n) is 6.65. The van der Waals surface area contributed by atoms with E-state index in [4.69, 9.17) is 0 Å². The molecule has 156 valence electrons. The summed E-state index contributed by atoms with van der Waals surface area (Å²) in [7, 11) is 4.20. The number of nitrogens with one attached hydrogen (secondary N) is 1. The first-order valence-electron chi connectivity index (χ1n) is 10.8. The van der Waals surface area contributed by atoms with Gasteiger partial charge in [-0.3, -0.25) is 9.59 Å². The molecule has 0 bridgehead atoms. The van der Waals surface area contributed by atoms with Crippen LogP contribution in [0.25, 0.3) is 5.52 Å². The highest BCUT2D eigenvalue weighted by Crippen LogP contribution is 2.28. The monoisotopic (exact) mass is 396 g/mol. The molecule has 2 aromatic rings. The first-order valence-corrected chi connectivity index (χ1v) is 10.8. The van der Waals surface area contributed by atoms with Gasteiger partial charge in [-0.2, -0.15) is 0 Å². The summed E-state index contributed by atoms with van der Waals surface area (Å²) in [5.41, 5.74) is 1.69. The van der Waals surface area contributed by atoms with Crippen molar-refractivity contribution in [3.05, 3.63) is 42.2 Å². The number of carbonyl (C=O) groups excluding carboxylic acids is 2. The molecule has 0 radical (unpaired) electrons. The number of piperidine rings is 1. The Labute approximate surface area is 172 Å². The maximum Gasteiger partial charge on any atom is 0.268 e. The molecule has 0 aromatic carbocycles. The van der Waals surface area contributed by atoms with Crippen molar-refractivity contribution in [3.8, 4) is 0 Å². The van der Waals surface area contributed by atoms with Crippen molar-refractivity contribution in [2.24, 2.45) is 5.92 Å². The van der Waals surface area contributed by atoms with Gasteiger partial charge in [0.1, 0.15) is 5.69 Å². The molecule has 29 heavy (non-hydrogen) atoms. The van der Waals surface area contributed by atoms with E-state index in [1.54, 1.807) is 0 Å². The molecule has 1 aliphatic carbocycles. The predicted molar refractivity (Wildman–Crippen MR) is 114 cm³/mol. The molecule has 0 spiro atoms. The Morgan fingerprint density at radius 1 is 1.03 bits per heavy atom. The number of likely N-dealkylation sites (N-methyl/N-ethyl adjacent to an activating group) is 1. The van der Waals surface area contributed by atoms with E-state index < -0.39 is 0 Å². The standard InChI is InChI=1S/C23H32N4O2/c1-25(2)20-7-5-14-26(16-20)23(29)17-8-10-18(11-9-17)24-22(28)21-13-12-19-6-3-4-15-27(19)21/h3-4,6,12-13,15,17-18,20H,5,7-11,14,16H2,1-2H3,(H,24,28). The fourth-order valence-electron chi connectivity index (χ4n) is 4.82. The van der Waals surface area contributed by atoms with Crippen LogP contribution in [0.5, 0.6) is 0 Å². The van der Waals surface area contributed by atoms with Crippen LogP contribution in [0.2, 0.25) is 0 Å². The zero-order chi connectivity index (χ0) is 20.4. The zero-order valence-electron chi connectivity index (χ0n) is 17.5. The molecule has 2 amide bonds. The predicted octanol–water partition coefficient (Wildman–Crippen LogP) is 2.78. The summed E-state index contributed by atoms with van der Waals surface area (Å²) in [6.45, 7) is 1.74. The average molecular weight is 397 g/mol. The third kappa shape index (κ3) is 4.32. The zero-order valence-corrected chi connectivity index (χ0v) is 17.5. The number of pyridine rings is 1. The van der Waals surface area contributed by atoms with Crippen LogP contribution in [0.3, 0.4) is 0 Å². The van der Waals surface area contributed by atoms with Gasteiger partial charge < -0.3 is 19.5 Å². The van der Waals surface area contributed by atoms with Crippen LogP contribution in [0.1, 0.15) is 49.0 Å². The van der Waals surface area contributed by atoms with E-state index in [1.807, 2.05) is 40.9 Å². The van der Waals surface area contributed by atoms with Gasteiger partial charge in [-0.15, -0.1) is 0 Å². The summed E-state index contributed by atoms with van der Waals surface area (Å²) >= 11 is 0. The van der Waals surface area contributed by atoms with Crippen molar-refractivity contribution in [2.45, 2.75) is 50.6 Å². The molecule has 6 heteroatoms. The van der Waals surface area contributed by atoms with Gasteiger partial charge in [0, 0.05) is 42.8 Å². The average Bonchev–Trinajstić information content (AvgIpc) is 3.18. The SMILES string of the molecule is CN(C)C1CCCN(C(=O)C2CCC(NC(=O)c3ccc4ccccn34)CC2)C1. The van der Waals surface area contributed by atoms with Crippen LogP contribution in [-0.2, 0) is 4.79 Å². The van der Waals surface area contributed by atoms with Crippen molar-refractivity contribution in [1.29, 1.82) is 0 Å². The second kappa shape index (κ2) is 8.57. The number of amides is 2. The molecule has 6 nitrogen and oxygen atoms in total. The number of nitrogens with zero attached hydrogens (tertiary/aromatic N) is 3. The summed E-state index contributed by atoms with van der Waals surface area (Å²) in [6.07, 6.45) is 7.64. The molecular formula is C23H32N4O2.